The molecule has 1 N–H and O–H groups in total. The zero-order chi connectivity index (χ0) is 15.1. The van der Waals surface area contributed by atoms with Crippen molar-refractivity contribution >= 4 is 5.97 Å². The highest BCUT2D eigenvalue weighted by atomic mass is 16.4. The second-order valence-corrected chi connectivity index (χ2v) is 4.68. The lowest BCUT2D eigenvalue weighted by atomic mass is 10.0. The molecule has 1 unspecified atom stereocenters. The largest absolute Gasteiger partial charge is 0.480 e. The molecule has 0 aliphatic carbocycles. The molecular formula is C17H18N2O2. The van der Waals surface area contributed by atoms with Gasteiger partial charge in [0, 0.05) is 12.7 Å². The lowest BCUT2D eigenvalue weighted by Gasteiger charge is -2.29. The van der Waals surface area contributed by atoms with E-state index in [0.29, 0.717) is 6.54 Å². The molecule has 0 aliphatic heterocycles. The van der Waals surface area contributed by atoms with Crippen LogP contribution in [0.2, 0.25) is 0 Å². The van der Waals surface area contributed by atoms with E-state index in [1.807, 2.05) is 53.4 Å². The van der Waals surface area contributed by atoms with Crippen molar-refractivity contribution in [2.75, 3.05) is 13.1 Å². The van der Waals surface area contributed by atoms with Crippen LogP contribution in [0, 0.1) is 0 Å². The number of pyridine rings is 1. The van der Waals surface area contributed by atoms with Gasteiger partial charge < -0.3 is 5.11 Å². The smallest absolute Gasteiger partial charge is 0.317 e. The van der Waals surface area contributed by atoms with Gasteiger partial charge in [-0.25, -0.2) is 0 Å². The molecule has 0 saturated heterocycles. The Bertz CT molecular complexity index is 545. The van der Waals surface area contributed by atoms with Crippen LogP contribution < -0.4 is 0 Å². The van der Waals surface area contributed by atoms with E-state index in [-0.39, 0.29) is 12.6 Å². The fourth-order valence-corrected chi connectivity index (χ4v) is 2.34. The first-order valence-corrected chi connectivity index (χ1v) is 6.75. The molecule has 2 rings (SSSR count). The third kappa shape index (κ3) is 4.00. The molecule has 2 aromatic rings. The molecule has 0 bridgehead atoms. The third-order valence-electron chi connectivity index (χ3n) is 3.15. The molecule has 0 amide bonds. The van der Waals surface area contributed by atoms with Gasteiger partial charge in [-0.3, -0.25) is 14.7 Å². The summed E-state index contributed by atoms with van der Waals surface area (Å²) in [5, 5.41) is 9.16. The molecule has 1 heterocycles. The van der Waals surface area contributed by atoms with Crippen LogP contribution in [0.25, 0.3) is 0 Å². The van der Waals surface area contributed by atoms with Crippen molar-refractivity contribution in [3.63, 3.8) is 0 Å². The zero-order valence-corrected chi connectivity index (χ0v) is 11.7. The Kier molecular flexibility index (Phi) is 5.23. The standard InChI is InChI=1S/C17H18N2O2/c1-2-12-19(13-16(20)21)17(14-8-4-3-5-9-14)15-10-6-7-11-18-15/h2-11,17H,1,12-13H2,(H,20,21). The predicted molar refractivity (Wildman–Crippen MR) is 81.9 cm³/mol. The molecule has 108 valence electrons. The highest BCUT2D eigenvalue weighted by molar-refractivity contribution is 5.69. The summed E-state index contributed by atoms with van der Waals surface area (Å²) in [6.07, 6.45) is 3.43. The Labute approximate surface area is 124 Å². The molecular weight excluding hydrogens is 264 g/mol. The molecule has 0 radical (unpaired) electrons. The SMILES string of the molecule is C=CCN(CC(=O)O)C(c1ccccc1)c1ccccn1. The van der Waals surface area contributed by atoms with E-state index in [2.05, 4.69) is 11.6 Å². The summed E-state index contributed by atoms with van der Waals surface area (Å²) < 4.78 is 0. The third-order valence-corrected chi connectivity index (χ3v) is 3.15. The Balaban J connectivity index is 2.43. The van der Waals surface area contributed by atoms with Gasteiger partial charge in [-0.05, 0) is 17.7 Å². The molecule has 21 heavy (non-hydrogen) atoms. The quantitative estimate of drug-likeness (QED) is 0.793. The number of hydrogen-bond acceptors (Lipinski definition) is 3. The minimum absolute atomic E-state index is 0.0673. The molecule has 0 aliphatic rings. The van der Waals surface area contributed by atoms with Crippen LogP contribution in [0.1, 0.15) is 17.3 Å². The Morgan fingerprint density at radius 2 is 1.95 bits per heavy atom. The minimum Gasteiger partial charge on any atom is -0.480 e. The number of benzene rings is 1. The van der Waals surface area contributed by atoms with Crippen molar-refractivity contribution in [1.82, 2.24) is 9.88 Å². The van der Waals surface area contributed by atoms with Gasteiger partial charge in [-0.1, -0.05) is 42.5 Å². The number of carboxylic acid groups (broad SMARTS) is 1. The Hall–Kier alpha value is -2.46. The first-order chi connectivity index (χ1) is 10.2. The van der Waals surface area contributed by atoms with Gasteiger partial charge in [0.1, 0.15) is 0 Å². The van der Waals surface area contributed by atoms with E-state index in [1.54, 1.807) is 12.3 Å². The monoisotopic (exact) mass is 282 g/mol. The van der Waals surface area contributed by atoms with E-state index in [9.17, 15) is 4.79 Å². The average molecular weight is 282 g/mol. The summed E-state index contributed by atoms with van der Waals surface area (Å²) >= 11 is 0. The number of aliphatic carboxylic acids is 1. The lowest BCUT2D eigenvalue weighted by molar-refractivity contribution is -0.138. The van der Waals surface area contributed by atoms with Gasteiger partial charge in [0.05, 0.1) is 18.3 Å². The van der Waals surface area contributed by atoms with Crippen LogP contribution in [0.15, 0.2) is 67.4 Å². The fraction of sp³-hybridized carbons (Fsp3) is 0.176. The lowest BCUT2D eigenvalue weighted by Crippen LogP contribution is -2.35. The number of aromatic nitrogens is 1. The van der Waals surface area contributed by atoms with E-state index >= 15 is 0 Å². The Morgan fingerprint density at radius 3 is 2.52 bits per heavy atom. The van der Waals surface area contributed by atoms with Gasteiger partial charge in [0.15, 0.2) is 0 Å². The number of nitrogens with zero attached hydrogens (tertiary/aromatic N) is 2. The van der Waals surface area contributed by atoms with Crippen LogP contribution in [0.5, 0.6) is 0 Å². The Morgan fingerprint density at radius 1 is 1.24 bits per heavy atom. The second-order valence-electron chi connectivity index (χ2n) is 4.68. The van der Waals surface area contributed by atoms with Gasteiger partial charge in [0.2, 0.25) is 0 Å². The maximum absolute atomic E-state index is 11.2. The molecule has 4 heteroatoms. The van der Waals surface area contributed by atoms with Crippen molar-refractivity contribution in [2.24, 2.45) is 0 Å². The second kappa shape index (κ2) is 7.36. The van der Waals surface area contributed by atoms with Crippen molar-refractivity contribution < 1.29 is 9.90 Å². The van der Waals surface area contributed by atoms with E-state index in [0.717, 1.165) is 11.3 Å². The first-order valence-electron chi connectivity index (χ1n) is 6.75. The van der Waals surface area contributed by atoms with Gasteiger partial charge in [-0.15, -0.1) is 6.58 Å². The van der Waals surface area contributed by atoms with Gasteiger partial charge in [-0.2, -0.15) is 0 Å². The van der Waals surface area contributed by atoms with Gasteiger partial charge >= 0.3 is 5.97 Å². The minimum atomic E-state index is -0.867. The highest BCUT2D eigenvalue weighted by Gasteiger charge is 2.24. The van der Waals surface area contributed by atoms with Crippen molar-refractivity contribution in [2.45, 2.75) is 6.04 Å². The van der Waals surface area contributed by atoms with Crippen molar-refractivity contribution in [3.05, 3.63) is 78.6 Å². The van der Waals surface area contributed by atoms with Crippen LogP contribution >= 0.6 is 0 Å². The maximum Gasteiger partial charge on any atom is 0.317 e. The predicted octanol–water partition coefficient (Wildman–Crippen LogP) is 2.74. The van der Waals surface area contributed by atoms with Gasteiger partial charge in [0.25, 0.3) is 0 Å². The molecule has 0 fully saturated rings. The average Bonchev–Trinajstić information content (AvgIpc) is 2.49. The summed E-state index contributed by atoms with van der Waals surface area (Å²) in [5.74, 6) is -0.867. The maximum atomic E-state index is 11.2. The number of carbonyl (C=O) groups is 1. The van der Waals surface area contributed by atoms with E-state index < -0.39 is 5.97 Å². The highest BCUT2D eigenvalue weighted by Crippen LogP contribution is 2.26. The summed E-state index contributed by atoms with van der Waals surface area (Å²) in [5.41, 5.74) is 1.84. The summed E-state index contributed by atoms with van der Waals surface area (Å²) in [6.45, 7) is 4.13. The summed E-state index contributed by atoms with van der Waals surface area (Å²) in [6, 6.07) is 15.3. The molecule has 0 spiro atoms. The number of carboxylic acids is 1. The molecule has 1 aromatic heterocycles. The number of hydrogen-bond donors (Lipinski definition) is 1. The molecule has 0 saturated carbocycles. The summed E-state index contributed by atoms with van der Waals surface area (Å²) in [7, 11) is 0. The van der Waals surface area contributed by atoms with Crippen LogP contribution in [-0.4, -0.2) is 34.0 Å². The fourth-order valence-electron chi connectivity index (χ4n) is 2.34. The summed E-state index contributed by atoms with van der Waals surface area (Å²) in [4.78, 5) is 17.4. The van der Waals surface area contributed by atoms with Crippen molar-refractivity contribution in [3.8, 4) is 0 Å². The normalized spacial score (nSPS) is 12.0. The first kappa shape index (κ1) is 14.9. The topological polar surface area (TPSA) is 53.4 Å². The van der Waals surface area contributed by atoms with Crippen LogP contribution in [0.3, 0.4) is 0 Å². The van der Waals surface area contributed by atoms with Crippen LogP contribution in [0.4, 0.5) is 0 Å². The van der Waals surface area contributed by atoms with Crippen LogP contribution in [-0.2, 0) is 4.79 Å². The zero-order valence-electron chi connectivity index (χ0n) is 11.7. The van der Waals surface area contributed by atoms with Crippen molar-refractivity contribution in [1.29, 1.82) is 0 Å². The molecule has 1 aromatic carbocycles. The molecule has 4 nitrogen and oxygen atoms in total. The number of rotatable bonds is 7. The van der Waals surface area contributed by atoms with E-state index in [1.165, 1.54) is 0 Å². The van der Waals surface area contributed by atoms with E-state index in [4.69, 9.17) is 5.11 Å². The molecule has 1 atom stereocenters.